The number of para-hydroxylation sites is 1. The summed E-state index contributed by atoms with van der Waals surface area (Å²) in [6.45, 7) is 0.709. The molecule has 4 heteroatoms. The number of hydrogen-bond acceptors (Lipinski definition) is 2. The Morgan fingerprint density at radius 1 is 1.10 bits per heavy atom. The first-order chi connectivity index (χ1) is 10.2. The predicted octanol–water partition coefficient (Wildman–Crippen LogP) is 2.95. The lowest BCUT2D eigenvalue weighted by Crippen LogP contribution is -2.28. The number of nitrogens with two attached hydrogens (primary N) is 1. The Morgan fingerprint density at radius 2 is 1.57 bits per heavy atom. The SMILES string of the molecule is C#CCN.O=C(O)N(Cc1ccccc1)c1ccccc1. The fourth-order valence-electron chi connectivity index (χ4n) is 1.64. The van der Waals surface area contributed by atoms with Gasteiger partial charge in [-0.2, -0.15) is 0 Å². The van der Waals surface area contributed by atoms with Crippen molar-refractivity contribution in [3.05, 3.63) is 66.2 Å². The first-order valence-corrected chi connectivity index (χ1v) is 6.42. The minimum absolute atomic E-state index is 0.347. The predicted molar refractivity (Wildman–Crippen MR) is 85.0 cm³/mol. The summed E-state index contributed by atoms with van der Waals surface area (Å²) in [6.07, 6.45) is 3.71. The average Bonchev–Trinajstić information content (AvgIpc) is 2.54. The summed E-state index contributed by atoms with van der Waals surface area (Å²) < 4.78 is 0. The van der Waals surface area contributed by atoms with Gasteiger partial charge in [-0.05, 0) is 17.7 Å². The van der Waals surface area contributed by atoms with Gasteiger partial charge in [0.25, 0.3) is 0 Å². The summed E-state index contributed by atoms with van der Waals surface area (Å²) in [4.78, 5) is 12.6. The Hall–Kier alpha value is -2.77. The van der Waals surface area contributed by atoms with Gasteiger partial charge in [-0.1, -0.05) is 54.5 Å². The van der Waals surface area contributed by atoms with E-state index in [-0.39, 0.29) is 0 Å². The molecule has 0 aliphatic rings. The fraction of sp³-hybridized carbons (Fsp3) is 0.118. The van der Waals surface area contributed by atoms with Crippen LogP contribution in [0.5, 0.6) is 0 Å². The number of hydrogen-bond donors (Lipinski definition) is 2. The first-order valence-electron chi connectivity index (χ1n) is 6.42. The van der Waals surface area contributed by atoms with Gasteiger partial charge < -0.3 is 10.8 Å². The molecule has 3 N–H and O–H groups in total. The molecular weight excluding hydrogens is 264 g/mol. The number of carboxylic acid groups (broad SMARTS) is 1. The highest BCUT2D eigenvalue weighted by atomic mass is 16.4. The molecule has 0 fully saturated rings. The van der Waals surface area contributed by atoms with Crippen LogP contribution in [0, 0.1) is 12.3 Å². The van der Waals surface area contributed by atoms with E-state index >= 15 is 0 Å². The van der Waals surface area contributed by atoms with E-state index in [4.69, 9.17) is 5.73 Å². The van der Waals surface area contributed by atoms with Crippen LogP contribution in [0.2, 0.25) is 0 Å². The zero-order valence-corrected chi connectivity index (χ0v) is 11.6. The van der Waals surface area contributed by atoms with Gasteiger partial charge in [0.15, 0.2) is 0 Å². The second-order valence-electron chi connectivity index (χ2n) is 4.10. The molecule has 2 aromatic rings. The van der Waals surface area contributed by atoms with Gasteiger partial charge in [0.05, 0.1) is 13.1 Å². The minimum atomic E-state index is -0.944. The molecule has 1 amide bonds. The van der Waals surface area contributed by atoms with E-state index in [0.29, 0.717) is 18.8 Å². The van der Waals surface area contributed by atoms with E-state index in [1.54, 1.807) is 12.1 Å². The monoisotopic (exact) mass is 282 g/mol. The molecule has 0 bridgehead atoms. The van der Waals surface area contributed by atoms with E-state index in [0.717, 1.165) is 5.56 Å². The second kappa shape index (κ2) is 9.18. The Balaban J connectivity index is 0.000000491. The Morgan fingerprint density at radius 3 is 2.00 bits per heavy atom. The maximum Gasteiger partial charge on any atom is 0.412 e. The fourth-order valence-corrected chi connectivity index (χ4v) is 1.64. The third-order valence-corrected chi connectivity index (χ3v) is 2.60. The van der Waals surface area contributed by atoms with Gasteiger partial charge in [-0.3, -0.25) is 4.90 Å². The molecule has 0 aliphatic heterocycles. The van der Waals surface area contributed by atoms with Gasteiger partial charge in [0.2, 0.25) is 0 Å². The van der Waals surface area contributed by atoms with Crippen LogP contribution in [-0.4, -0.2) is 17.7 Å². The quantitative estimate of drug-likeness (QED) is 0.851. The van der Waals surface area contributed by atoms with Crippen molar-refractivity contribution in [3.8, 4) is 12.3 Å². The Labute approximate surface area is 124 Å². The number of benzene rings is 2. The van der Waals surface area contributed by atoms with Gasteiger partial charge in [0, 0.05) is 5.69 Å². The molecule has 0 saturated heterocycles. The highest BCUT2D eigenvalue weighted by molar-refractivity contribution is 5.85. The normalized spacial score (nSPS) is 8.95. The van der Waals surface area contributed by atoms with E-state index < -0.39 is 6.09 Å². The number of amides is 1. The van der Waals surface area contributed by atoms with Crippen LogP contribution in [0.15, 0.2) is 60.7 Å². The zero-order valence-electron chi connectivity index (χ0n) is 11.6. The van der Waals surface area contributed by atoms with Crippen molar-refractivity contribution in [1.29, 1.82) is 0 Å². The smallest absolute Gasteiger partial charge is 0.412 e. The Bertz CT molecular complexity index is 577. The molecule has 0 aromatic heterocycles. The van der Waals surface area contributed by atoms with Crippen molar-refractivity contribution in [1.82, 2.24) is 0 Å². The topological polar surface area (TPSA) is 66.6 Å². The molecule has 0 heterocycles. The summed E-state index contributed by atoms with van der Waals surface area (Å²) in [7, 11) is 0. The lowest BCUT2D eigenvalue weighted by atomic mass is 10.2. The average molecular weight is 282 g/mol. The standard InChI is InChI=1S/C14H13NO2.C3H5N/c16-14(17)15(13-9-5-2-6-10-13)11-12-7-3-1-4-8-12;1-2-3-4/h1-10H,11H2,(H,16,17);1H,3-4H2. The zero-order chi connectivity index (χ0) is 15.5. The van der Waals surface area contributed by atoms with Crippen LogP contribution in [0.4, 0.5) is 10.5 Å². The van der Waals surface area contributed by atoms with Crippen molar-refractivity contribution >= 4 is 11.8 Å². The molecule has 2 rings (SSSR count). The summed E-state index contributed by atoms with van der Waals surface area (Å²) in [5.74, 6) is 2.21. The van der Waals surface area contributed by atoms with Crippen LogP contribution in [-0.2, 0) is 6.54 Å². The van der Waals surface area contributed by atoms with Crippen LogP contribution in [0.25, 0.3) is 0 Å². The molecule has 0 unspecified atom stereocenters. The molecule has 2 aromatic carbocycles. The molecule has 21 heavy (non-hydrogen) atoms. The van der Waals surface area contributed by atoms with Gasteiger partial charge in [-0.15, -0.1) is 6.42 Å². The largest absolute Gasteiger partial charge is 0.465 e. The van der Waals surface area contributed by atoms with Crippen molar-refractivity contribution < 1.29 is 9.90 Å². The maximum atomic E-state index is 11.2. The van der Waals surface area contributed by atoms with Crippen LogP contribution < -0.4 is 10.6 Å². The summed E-state index contributed by atoms with van der Waals surface area (Å²) in [5.41, 5.74) is 6.45. The number of carbonyl (C=O) groups is 1. The van der Waals surface area contributed by atoms with Crippen LogP contribution in [0.3, 0.4) is 0 Å². The van der Waals surface area contributed by atoms with Gasteiger partial charge in [0.1, 0.15) is 0 Å². The van der Waals surface area contributed by atoms with E-state index in [1.165, 1.54) is 4.90 Å². The molecule has 0 saturated carbocycles. The minimum Gasteiger partial charge on any atom is -0.465 e. The number of terminal acetylenes is 1. The van der Waals surface area contributed by atoms with Crippen molar-refractivity contribution in [2.45, 2.75) is 6.54 Å². The third kappa shape index (κ3) is 5.81. The van der Waals surface area contributed by atoms with E-state index in [9.17, 15) is 9.90 Å². The molecule has 4 nitrogen and oxygen atoms in total. The maximum absolute atomic E-state index is 11.2. The molecule has 0 spiro atoms. The first kappa shape index (κ1) is 16.3. The molecule has 0 radical (unpaired) electrons. The van der Waals surface area contributed by atoms with E-state index in [2.05, 4.69) is 12.3 Å². The molecular formula is C17H18N2O2. The van der Waals surface area contributed by atoms with Crippen molar-refractivity contribution in [3.63, 3.8) is 0 Å². The third-order valence-electron chi connectivity index (χ3n) is 2.60. The highest BCUT2D eigenvalue weighted by Gasteiger charge is 2.13. The number of nitrogens with zero attached hydrogens (tertiary/aromatic N) is 1. The molecule has 0 aliphatic carbocycles. The lowest BCUT2D eigenvalue weighted by molar-refractivity contribution is 0.201. The molecule has 0 atom stereocenters. The van der Waals surface area contributed by atoms with Gasteiger partial charge >= 0.3 is 6.09 Å². The second-order valence-corrected chi connectivity index (χ2v) is 4.10. The van der Waals surface area contributed by atoms with Gasteiger partial charge in [-0.25, -0.2) is 4.79 Å². The lowest BCUT2D eigenvalue weighted by Gasteiger charge is -2.19. The highest BCUT2D eigenvalue weighted by Crippen LogP contribution is 2.16. The summed E-state index contributed by atoms with van der Waals surface area (Å²) in [6, 6.07) is 18.7. The summed E-state index contributed by atoms with van der Waals surface area (Å²) >= 11 is 0. The number of rotatable bonds is 3. The molecule has 108 valence electrons. The van der Waals surface area contributed by atoms with Crippen LogP contribution in [0.1, 0.15) is 5.56 Å². The van der Waals surface area contributed by atoms with Crippen molar-refractivity contribution in [2.24, 2.45) is 5.73 Å². The Kier molecular flexibility index (Phi) is 7.12. The summed E-state index contributed by atoms with van der Waals surface area (Å²) in [5, 5.41) is 9.21. The van der Waals surface area contributed by atoms with Crippen LogP contribution >= 0.6 is 0 Å². The number of anilines is 1. The van der Waals surface area contributed by atoms with Crippen molar-refractivity contribution in [2.75, 3.05) is 11.4 Å². The van der Waals surface area contributed by atoms with E-state index in [1.807, 2.05) is 48.5 Å².